The lowest BCUT2D eigenvalue weighted by atomic mass is 10.3. The number of rotatable bonds is 6. The van der Waals surface area contributed by atoms with Crippen LogP contribution in [0.4, 0.5) is 16.3 Å². The highest BCUT2D eigenvalue weighted by molar-refractivity contribution is 7.89. The minimum absolute atomic E-state index is 0.00123. The van der Waals surface area contributed by atoms with Gasteiger partial charge in [0.2, 0.25) is 10.0 Å². The summed E-state index contributed by atoms with van der Waals surface area (Å²) in [6.45, 7) is 3.14. The largest absolute Gasteiger partial charge is 0.443 e. The average molecular weight is 418 g/mol. The van der Waals surface area contributed by atoms with E-state index in [0.29, 0.717) is 18.9 Å². The van der Waals surface area contributed by atoms with Crippen LogP contribution in [0.25, 0.3) is 0 Å². The van der Waals surface area contributed by atoms with Gasteiger partial charge in [0.1, 0.15) is 11.9 Å². The summed E-state index contributed by atoms with van der Waals surface area (Å²) in [7, 11) is -3.65. The van der Waals surface area contributed by atoms with Gasteiger partial charge in [-0.2, -0.15) is 0 Å². The number of hydrogen-bond donors (Lipinski definition) is 1. The van der Waals surface area contributed by atoms with Gasteiger partial charge in [0.05, 0.1) is 36.5 Å². The fourth-order valence-corrected chi connectivity index (χ4v) is 4.33. The molecule has 0 aliphatic carbocycles. The van der Waals surface area contributed by atoms with Gasteiger partial charge in [-0.1, -0.05) is 18.2 Å². The second kappa shape index (κ2) is 8.36. The highest BCUT2D eigenvalue weighted by Gasteiger charge is 2.33. The fraction of sp³-hybridized carbons (Fsp3) is 0.368. The van der Waals surface area contributed by atoms with Gasteiger partial charge in [-0.3, -0.25) is 4.90 Å². The van der Waals surface area contributed by atoms with Gasteiger partial charge < -0.3 is 14.4 Å². The number of carbonyl (C=O) groups is 1. The molecule has 0 unspecified atom stereocenters. The molecule has 0 saturated carbocycles. The van der Waals surface area contributed by atoms with Crippen molar-refractivity contribution in [3.05, 3.63) is 48.7 Å². The third-order valence-corrected chi connectivity index (χ3v) is 6.25. The van der Waals surface area contributed by atoms with Crippen molar-refractivity contribution >= 4 is 27.6 Å². The normalized spacial score (nSPS) is 20.0. The van der Waals surface area contributed by atoms with E-state index < -0.39 is 22.2 Å². The number of cyclic esters (lactones) is 1. The zero-order valence-electron chi connectivity index (χ0n) is 15.7. The predicted molar refractivity (Wildman–Crippen MR) is 107 cm³/mol. The first kappa shape index (κ1) is 19.6. The summed E-state index contributed by atoms with van der Waals surface area (Å²) in [6.07, 6.45) is 0.525. The van der Waals surface area contributed by atoms with Crippen LogP contribution in [0, 0.1) is 0 Å². The van der Waals surface area contributed by atoms with Gasteiger partial charge in [-0.05, 0) is 24.3 Å². The van der Waals surface area contributed by atoms with Crippen molar-refractivity contribution in [3.63, 3.8) is 0 Å². The molecule has 154 valence electrons. The summed E-state index contributed by atoms with van der Waals surface area (Å²) < 4.78 is 37.8. The standard InChI is InChI=1S/C19H22N4O5S/c24-19-23(15-6-7-18(20-12-15)22-8-10-27-11-9-22)14-16(28-19)13-21-29(25,26)17-4-2-1-3-5-17/h1-7,12,16,21H,8-11,13-14H2/t16-/m0/s1. The Kier molecular flexibility index (Phi) is 5.65. The van der Waals surface area contributed by atoms with Crippen LogP contribution in [0.3, 0.4) is 0 Å². The van der Waals surface area contributed by atoms with Crippen LogP contribution in [0.15, 0.2) is 53.6 Å². The van der Waals surface area contributed by atoms with Crippen LogP contribution in [-0.4, -0.2) is 65.0 Å². The molecule has 2 saturated heterocycles. The van der Waals surface area contributed by atoms with E-state index in [9.17, 15) is 13.2 Å². The first-order chi connectivity index (χ1) is 14.0. The molecule has 4 rings (SSSR count). The van der Waals surface area contributed by atoms with Crippen LogP contribution < -0.4 is 14.5 Å². The zero-order valence-corrected chi connectivity index (χ0v) is 16.5. The summed E-state index contributed by atoms with van der Waals surface area (Å²) in [5.74, 6) is 0.830. The average Bonchev–Trinajstić information content (AvgIpc) is 3.14. The number of amides is 1. The molecule has 29 heavy (non-hydrogen) atoms. The van der Waals surface area contributed by atoms with Crippen LogP contribution in [-0.2, 0) is 19.5 Å². The Morgan fingerprint density at radius 3 is 2.55 bits per heavy atom. The van der Waals surface area contributed by atoms with Crippen LogP contribution >= 0.6 is 0 Å². The molecule has 1 atom stereocenters. The second-order valence-corrected chi connectivity index (χ2v) is 8.52. The molecule has 1 aromatic heterocycles. The number of hydrogen-bond acceptors (Lipinski definition) is 7. The Hall–Kier alpha value is -2.69. The van der Waals surface area contributed by atoms with Crippen LogP contribution in [0.1, 0.15) is 0 Å². The lowest BCUT2D eigenvalue weighted by molar-refractivity contribution is 0.122. The van der Waals surface area contributed by atoms with Gasteiger partial charge in [0.25, 0.3) is 0 Å². The predicted octanol–water partition coefficient (Wildman–Crippen LogP) is 1.22. The maximum Gasteiger partial charge on any atom is 0.414 e. The van der Waals surface area contributed by atoms with Crippen molar-refractivity contribution in [2.45, 2.75) is 11.0 Å². The molecule has 0 radical (unpaired) electrons. The van der Waals surface area contributed by atoms with Crippen molar-refractivity contribution in [2.24, 2.45) is 0 Å². The van der Waals surface area contributed by atoms with E-state index in [1.54, 1.807) is 24.4 Å². The quantitative estimate of drug-likeness (QED) is 0.753. The molecule has 1 N–H and O–H groups in total. The number of carbonyl (C=O) groups excluding carboxylic acids is 1. The van der Waals surface area contributed by atoms with Crippen LogP contribution in [0.2, 0.25) is 0 Å². The Morgan fingerprint density at radius 1 is 1.10 bits per heavy atom. The summed E-state index contributed by atoms with van der Waals surface area (Å²) >= 11 is 0. The van der Waals surface area contributed by atoms with E-state index in [4.69, 9.17) is 9.47 Å². The molecule has 3 heterocycles. The summed E-state index contributed by atoms with van der Waals surface area (Å²) in [4.78, 5) is 20.4. The van der Waals surface area contributed by atoms with E-state index >= 15 is 0 Å². The maximum absolute atomic E-state index is 12.3. The van der Waals surface area contributed by atoms with E-state index in [1.165, 1.54) is 17.0 Å². The number of ether oxygens (including phenoxy) is 2. The summed E-state index contributed by atoms with van der Waals surface area (Å²) in [5.41, 5.74) is 0.612. The van der Waals surface area contributed by atoms with Crippen molar-refractivity contribution in [1.82, 2.24) is 9.71 Å². The van der Waals surface area contributed by atoms with E-state index in [-0.39, 0.29) is 18.0 Å². The molecular formula is C19H22N4O5S. The maximum atomic E-state index is 12.3. The topological polar surface area (TPSA) is 101 Å². The minimum Gasteiger partial charge on any atom is -0.443 e. The Balaban J connectivity index is 1.36. The van der Waals surface area contributed by atoms with Crippen molar-refractivity contribution in [2.75, 3.05) is 49.2 Å². The number of anilines is 2. The first-order valence-corrected chi connectivity index (χ1v) is 10.8. The summed E-state index contributed by atoms with van der Waals surface area (Å²) in [6, 6.07) is 11.7. The zero-order chi connectivity index (χ0) is 20.3. The number of morpholine rings is 1. The third-order valence-electron chi connectivity index (χ3n) is 4.81. The van der Waals surface area contributed by atoms with Gasteiger partial charge in [-0.25, -0.2) is 22.9 Å². The fourth-order valence-electron chi connectivity index (χ4n) is 3.24. The molecule has 1 aromatic carbocycles. The lowest BCUT2D eigenvalue weighted by Crippen LogP contribution is -2.36. The number of aromatic nitrogens is 1. The van der Waals surface area contributed by atoms with Crippen molar-refractivity contribution in [3.8, 4) is 0 Å². The highest BCUT2D eigenvalue weighted by atomic mass is 32.2. The lowest BCUT2D eigenvalue weighted by Gasteiger charge is -2.28. The molecule has 2 fully saturated rings. The van der Waals surface area contributed by atoms with Gasteiger partial charge in [0, 0.05) is 19.6 Å². The monoisotopic (exact) mass is 418 g/mol. The van der Waals surface area contributed by atoms with E-state index in [0.717, 1.165) is 18.9 Å². The molecule has 2 aromatic rings. The Bertz CT molecular complexity index is 946. The SMILES string of the molecule is O=C1O[C@@H](CNS(=O)(=O)c2ccccc2)CN1c1ccc(N2CCOCC2)nc1. The minimum atomic E-state index is -3.65. The van der Waals surface area contributed by atoms with Gasteiger partial charge in [0.15, 0.2) is 0 Å². The molecule has 10 heteroatoms. The molecule has 2 aliphatic heterocycles. The van der Waals surface area contributed by atoms with Gasteiger partial charge >= 0.3 is 6.09 Å². The number of nitrogens with one attached hydrogen (secondary N) is 1. The Labute approximate surface area is 169 Å². The second-order valence-electron chi connectivity index (χ2n) is 6.76. The molecule has 2 aliphatic rings. The van der Waals surface area contributed by atoms with E-state index in [1.807, 2.05) is 12.1 Å². The van der Waals surface area contributed by atoms with Crippen LogP contribution in [0.5, 0.6) is 0 Å². The molecule has 0 bridgehead atoms. The van der Waals surface area contributed by atoms with E-state index in [2.05, 4.69) is 14.6 Å². The number of sulfonamides is 1. The smallest absolute Gasteiger partial charge is 0.414 e. The van der Waals surface area contributed by atoms with Crippen molar-refractivity contribution in [1.29, 1.82) is 0 Å². The number of pyridine rings is 1. The van der Waals surface area contributed by atoms with Crippen molar-refractivity contribution < 1.29 is 22.7 Å². The molecule has 1 amide bonds. The number of benzene rings is 1. The van der Waals surface area contributed by atoms with Gasteiger partial charge in [-0.15, -0.1) is 0 Å². The highest BCUT2D eigenvalue weighted by Crippen LogP contribution is 2.23. The molecule has 9 nitrogen and oxygen atoms in total. The Morgan fingerprint density at radius 2 is 1.86 bits per heavy atom. The molecule has 0 spiro atoms. The first-order valence-electron chi connectivity index (χ1n) is 9.34. The number of nitrogens with zero attached hydrogens (tertiary/aromatic N) is 3. The summed E-state index contributed by atoms with van der Waals surface area (Å²) in [5, 5.41) is 0. The third kappa shape index (κ3) is 4.50. The molecular weight excluding hydrogens is 396 g/mol.